The Balaban J connectivity index is 2.53. The van der Waals surface area contributed by atoms with Crippen molar-refractivity contribution in [3.05, 3.63) is 16.1 Å². The number of nitrogens with zero attached hydrogens (tertiary/aromatic N) is 2. The summed E-state index contributed by atoms with van der Waals surface area (Å²) in [4.78, 5) is 14.9. The lowest BCUT2D eigenvalue weighted by Crippen LogP contribution is -2.12. The molecule has 1 aliphatic rings. The van der Waals surface area contributed by atoms with Gasteiger partial charge < -0.3 is 4.57 Å². The molecule has 1 aromatic heterocycles. The van der Waals surface area contributed by atoms with Crippen molar-refractivity contribution in [2.45, 2.75) is 25.8 Å². The summed E-state index contributed by atoms with van der Waals surface area (Å²) in [6.07, 6.45) is 4.19. The number of carbonyl (C=O) groups is 1. The van der Waals surface area contributed by atoms with Crippen LogP contribution in [0.3, 0.4) is 0 Å². The summed E-state index contributed by atoms with van der Waals surface area (Å²) in [5.74, 6) is 1.04. The summed E-state index contributed by atoms with van der Waals surface area (Å²) in [5.41, 5.74) is 0.685. The average Bonchev–Trinajstić information content (AvgIpc) is 2.40. The Kier molecular flexibility index (Phi) is 2.00. The lowest BCUT2D eigenvalue weighted by atomic mass is 10.2. The van der Waals surface area contributed by atoms with Crippen molar-refractivity contribution < 1.29 is 4.79 Å². The standard InChI is InChI=1S/C8H9BrN2O/c9-8-6(5-12)11-4-2-1-3-7(11)10-8/h5H,1-4H2. The van der Waals surface area contributed by atoms with Gasteiger partial charge in [0, 0.05) is 13.0 Å². The zero-order chi connectivity index (χ0) is 8.55. The zero-order valence-electron chi connectivity index (χ0n) is 6.59. The Morgan fingerprint density at radius 3 is 3.08 bits per heavy atom. The monoisotopic (exact) mass is 228 g/mol. The molecule has 0 saturated carbocycles. The van der Waals surface area contributed by atoms with Crippen LogP contribution in [-0.2, 0) is 13.0 Å². The van der Waals surface area contributed by atoms with E-state index < -0.39 is 0 Å². The molecule has 2 rings (SSSR count). The Labute approximate surface area is 78.9 Å². The number of hydrogen-bond acceptors (Lipinski definition) is 2. The first-order valence-electron chi connectivity index (χ1n) is 4.03. The maximum absolute atomic E-state index is 10.7. The number of rotatable bonds is 1. The molecular formula is C8H9BrN2O. The molecule has 64 valence electrons. The molecule has 3 nitrogen and oxygen atoms in total. The fourth-order valence-corrected chi connectivity index (χ4v) is 2.10. The van der Waals surface area contributed by atoms with E-state index in [0.717, 1.165) is 31.5 Å². The fraction of sp³-hybridized carbons (Fsp3) is 0.500. The second kappa shape index (κ2) is 3.01. The van der Waals surface area contributed by atoms with Gasteiger partial charge in [-0.25, -0.2) is 4.98 Å². The van der Waals surface area contributed by atoms with E-state index in [9.17, 15) is 4.79 Å². The van der Waals surface area contributed by atoms with Crippen LogP contribution in [0.5, 0.6) is 0 Å². The number of carbonyl (C=O) groups excluding carboxylic acids is 1. The van der Waals surface area contributed by atoms with Crippen LogP contribution >= 0.6 is 15.9 Å². The van der Waals surface area contributed by atoms with Crippen molar-refractivity contribution in [3.63, 3.8) is 0 Å². The normalized spacial score (nSPS) is 15.8. The first-order valence-corrected chi connectivity index (χ1v) is 4.82. The molecule has 0 aromatic carbocycles. The highest BCUT2D eigenvalue weighted by Gasteiger charge is 2.17. The second-order valence-corrected chi connectivity index (χ2v) is 3.68. The number of aromatic nitrogens is 2. The molecule has 0 aliphatic carbocycles. The fourth-order valence-electron chi connectivity index (χ4n) is 1.59. The summed E-state index contributed by atoms with van der Waals surface area (Å²) in [7, 11) is 0. The maximum atomic E-state index is 10.7. The van der Waals surface area contributed by atoms with Gasteiger partial charge >= 0.3 is 0 Å². The van der Waals surface area contributed by atoms with Crippen LogP contribution in [0.25, 0.3) is 0 Å². The minimum Gasteiger partial charge on any atom is -0.325 e. The smallest absolute Gasteiger partial charge is 0.169 e. The van der Waals surface area contributed by atoms with Gasteiger partial charge in [0.25, 0.3) is 0 Å². The van der Waals surface area contributed by atoms with Crippen LogP contribution < -0.4 is 0 Å². The maximum Gasteiger partial charge on any atom is 0.169 e. The molecule has 12 heavy (non-hydrogen) atoms. The van der Waals surface area contributed by atoms with Gasteiger partial charge in [-0.2, -0.15) is 0 Å². The van der Waals surface area contributed by atoms with Gasteiger partial charge in [-0.1, -0.05) is 0 Å². The van der Waals surface area contributed by atoms with E-state index in [-0.39, 0.29) is 0 Å². The molecule has 0 spiro atoms. The van der Waals surface area contributed by atoms with E-state index in [4.69, 9.17) is 0 Å². The molecule has 1 aliphatic heterocycles. The molecule has 4 heteroatoms. The van der Waals surface area contributed by atoms with Crippen molar-refractivity contribution in [1.29, 1.82) is 0 Å². The molecule has 0 N–H and O–H groups in total. The number of halogens is 1. The van der Waals surface area contributed by atoms with Crippen LogP contribution in [0.2, 0.25) is 0 Å². The topological polar surface area (TPSA) is 34.9 Å². The molecule has 1 aromatic rings. The number of aryl methyl sites for hydroxylation is 1. The van der Waals surface area contributed by atoms with Gasteiger partial charge in [-0.15, -0.1) is 0 Å². The summed E-state index contributed by atoms with van der Waals surface area (Å²) < 4.78 is 2.69. The Hall–Kier alpha value is -0.640. The third-order valence-corrected chi connectivity index (χ3v) is 2.77. The molecule has 0 radical (unpaired) electrons. The summed E-state index contributed by atoms with van der Waals surface area (Å²) in [6.45, 7) is 0.933. The lowest BCUT2D eigenvalue weighted by Gasteiger charge is -2.13. The summed E-state index contributed by atoms with van der Waals surface area (Å²) in [6, 6.07) is 0. The van der Waals surface area contributed by atoms with Gasteiger partial charge in [0.2, 0.25) is 0 Å². The van der Waals surface area contributed by atoms with Gasteiger partial charge in [0.15, 0.2) is 6.29 Å². The quantitative estimate of drug-likeness (QED) is 0.688. The average molecular weight is 229 g/mol. The highest BCUT2D eigenvalue weighted by Crippen LogP contribution is 2.21. The Morgan fingerprint density at radius 2 is 2.33 bits per heavy atom. The molecule has 0 fully saturated rings. The predicted octanol–water partition coefficient (Wildman–Crippen LogP) is 1.79. The minimum atomic E-state index is 0.685. The van der Waals surface area contributed by atoms with Gasteiger partial charge in [0.05, 0.1) is 0 Å². The molecule has 0 atom stereocenters. The molecule has 0 saturated heterocycles. The second-order valence-electron chi connectivity index (χ2n) is 2.93. The van der Waals surface area contributed by atoms with Crippen LogP contribution in [0.1, 0.15) is 29.2 Å². The third-order valence-electron chi connectivity index (χ3n) is 2.18. The number of aldehydes is 1. The highest BCUT2D eigenvalue weighted by atomic mass is 79.9. The molecule has 0 bridgehead atoms. The van der Waals surface area contributed by atoms with E-state index in [1.165, 1.54) is 6.42 Å². The van der Waals surface area contributed by atoms with Crippen molar-refractivity contribution in [2.75, 3.05) is 0 Å². The van der Waals surface area contributed by atoms with E-state index in [0.29, 0.717) is 10.3 Å². The van der Waals surface area contributed by atoms with Crippen molar-refractivity contribution in [1.82, 2.24) is 9.55 Å². The number of imidazole rings is 1. The third kappa shape index (κ3) is 1.10. The highest BCUT2D eigenvalue weighted by molar-refractivity contribution is 9.10. The minimum absolute atomic E-state index is 0.685. The number of hydrogen-bond donors (Lipinski definition) is 0. The van der Waals surface area contributed by atoms with E-state index >= 15 is 0 Å². The predicted molar refractivity (Wildman–Crippen MR) is 48.3 cm³/mol. The van der Waals surface area contributed by atoms with Crippen LogP contribution in [0, 0.1) is 0 Å². The Morgan fingerprint density at radius 1 is 1.50 bits per heavy atom. The first kappa shape index (κ1) is 7.98. The van der Waals surface area contributed by atoms with Gasteiger partial charge in [-0.3, -0.25) is 4.79 Å². The lowest BCUT2D eigenvalue weighted by molar-refractivity contribution is 0.111. The molecule has 2 heterocycles. The van der Waals surface area contributed by atoms with E-state index in [2.05, 4.69) is 20.9 Å². The Bertz CT molecular complexity index is 319. The summed E-state index contributed by atoms with van der Waals surface area (Å²) >= 11 is 3.27. The zero-order valence-corrected chi connectivity index (χ0v) is 8.17. The number of fused-ring (bicyclic) bond motifs is 1. The summed E-state index contributed by atoms with van der Waals surface area (Å²) in [5, 5.41) is 0. The van der Waals surface area contributed by atoms with Crippen molar-refractivity contribution >= 4 is 22.2 Å². The van der Waals surface area contributed by atoms with E-state index in [1.54, 1.807) is 0 Å². The molecular weight excluding hydrogens is 220 g/mol. The molecule has 0 amide bonds. The van der Waals surface area contributed by atoms with E-state index in [1.807, 2.05) is 4.57 Å². The first-order chi connectivity index (χ1) is 5.83. The largest absolute Gasteiger partial charge is 0.325 e. The van der Waals surface area contributed by atoms with Crippen molar-refractivity contribution in [2.24, 2.45) is 0 Å². The van der Waals surface area contributed by atoms with Gasteiger partial charge in [-0.05, 0) is 28.8 Å². The molecule has 0 unspecified atom stereocenters. The van der Waals surface area contributed by atoms with Crippen molar-refractivity contribution in [3.8, 4) is 0 Å². The SMILES string of the molecule is O=Cc1c(Br)nc2n1CCCC2. The van der Waals surface area contributed by atoms with Crippen LogP contribution in [0.15, 0.2) is 4.60 Å². The van der Waals surface area contributed by atoms with Crippen LogP contribution in [-0.4, -0.2) is 15.8 Å². The van der Waals surface area contributed by atoms with Gasteiger partial charge in [0.1, 0.15) is 16.1 Å². The van der Waals surface area contributed by atoms with Crippen LogP contribution in [0.4, 0.5) is 0 Å².